The summed E-state index contributed by atoms with van der Waals surface area (Å²) in [4.78, 5) is 0. The van der Waals surface area contributed by atoms with Crippen molar-refractivity contribution >= 4 is 0 Å². The molecule has 0 radical (unpaired) electrons. The predicted molar refractivity (Wildman–Crippen MR) is 59.2 cm³/mol. The van der Waals surface area contributed by atoms with E-state index in [1.165, 1.54) is 16.7 Å². The van der Waals surface area contributed by atoms with Crippen LogP contribution in [-0.2, 0) is 6.42 Å². The fourth-order valence-electron chi connectivity index (χ4n) is 1.59. The van der Waals surface area contributed by atoms with Crippen LogP contribution in [0.3, 0.4) is 0 Å². The molecule has 0 aliphatic heterocycles. The van der Waals surface area contributed by atoms with E-state index in [2.05, 4.69) is 45.5 Å². The Labute approximate surface area is 81.3 Å². The van der Waals surface area contributed by atoms with Crippen molar-refractivity contribution in [3.8, 4) is 0 Å². The van der Waals surface area contributed by atoms with Gasteiger partial charge in [0, 0.05) is 0 Å². The number of benzene rings is 1. The Bertz CT molecular complexity index is 297. The molecule has 0 fully saturated rings. The molecule has 1 atom stereocenters. The molecule has 0 nitrogen and oxygen atoms in total. The molecule has 1 unspecified atom stereocenters. The van der Waals surface area contributed by atoms with Crippen LogP contribution in [-0.4, -0.2) is 0 Å². The van der Waals surface area contributed by atoms with Crippen LogP contribution >= 0.6 is 0 Å². The van der Waals surface area contributed by atoms with Crippen molar-refractivity contribution in [3.05, 3.63) is 47.5 Å². The summed E-state index contributed by atoms with van der Waals surface area (Å²) in [6.45, 7) is 10.4. The molecular formula is C13H18. The van der Waals surface area contributed by atoms with Crippen molar-refractivity contribution in [1.82, 2.24) is 0 Å². The maximum absolute atomic E-state index is 3.84. The summed E-state index contributed by atoms with van der Waals surface area (Å²) in [6.07, 6.45) is 3.11. The lowest BCUT2D eigenvalue weighted by Gasteiger charge is -2.12. The zero-order valence-corrected chi connectivity index (χ0v) is 8.80. The third kappa shape index (κ3) is 2.21. The van der Waals surface area contributed by atoms with Crippen LogP contribution in [0.1, 0.15) is 36.5 Å². The lowest BCUT2D eigenvalue weighted by atomic mass is 9.93. The molecule has 0 spiro atoms. The SMILES string of the molecule is C=CC(C)c1cc(C)ccc1CC. The molecule has 70 valence electrons. The van der Waals surface area contributed by atoms with E-state index in [0.717, 1.165) is 6.42 Å². The summed E-state index contributed by atoms with van der Waals surface area (Å²) in [5.41, 5.74) is 4.20. The van der Waals surface area contributed by atoms with Gasteiger partial charge in [0.25, 0.3) is 0 Å². The maximum Gasteiger partial charge on any atom is -0.00103 e. The first-order valence-electron chi connectivity index (χ1n) is 4.91. The summed E-state index contributed by atoms with van der Waals surface area (Å²) in [5, 5.41) is 0. The third-order valence-corrected chi connectivity index (χ3v) is 2.53. The smallest absolute Gasteiger partial charge is 0.00103 e. The number of rotatable bonds is 3. The molecule has 0 bridgehead atoms. The van der Waals surface area contributed by atoms with Gasteiger partial charge in [-0.2, -0.15) is 0 Å². The molecule has 0 amide bonds. The van der Waals surface area contributed by atoms with Crippen LogP contribution in [0.2, 0.25) is 0 Å². The number of allylic oxidation sites excluding steroid dienone is 1. The Morgan fingerprint density at radius 3 is 2.69 bits per heavy atom. The molecule has 0 saturated heterocycles. The topological polar surface area (TPSA) is 0 Å². The van der Waals surface area contributed by atoms with E-state index >= 15 is 0 Å². The van der Waals surface area contributed by atoms with Gasteiger partial charge in [-0.15, -0.1) is 6.58 Å². The normalized spacial score (nSPS) is 12.5. The maximum atomic E-state index is 3.84. The summed E-state index contributed by atoms with van der Waals surface area (Å²) >= 11 is 0. The Balaban J connectivity index is 3.14. The van der Waals surface area contributed by atoms with Gasteiger partial charge in [-0.3, -0.25) is 0 Å². The summed E-state index contributed by atoms with van der Waals surface area (Å²) in [7, 11) is 0. The molecule has 0 saturated carbocycles. The largest absolute Gasteiger partial charge is 0.102 e. The molecule has 0 heteroatoms. The molecule has 1 aromatic carbocycles. The summed E-state index contributed by atoms with van der Waals surface area (Å²) in [5.74, 6) is 0.467. The van der Waals surface area contributed by atoms with Crippen LogP contribution < -0.4 is 0 Å². The second-order valence-corrected chi connectivity index (χ2v) is 3.58. The van der Waals surface area contributed by atoms with Gasteiger partial charge in [0.05, 0.1) is 0 Å². The Hall–Kier alpha value is -1.04. The van der Waals surface area contributed by atoms with Crippen molar-refractivity contribution in [2.75, 3.05) is 0 Å². The first-order valence-corrected chi connectivity index (χ1v) is 4.91. The van der Waals surface area contributed by atoms with Crippen molar-refractivity contribution in [3.63, 3.8) is 0 Å². The fraction of sp³-hybridized carbons (Fsp3) is 0.385. The molecule has 1 rings (SSSR count). The summed E-state index contributed by atoms with van der Waals surface area (Å²) in [6, 6.07) is 6.67. The average Bonchev–Trinajstić information content (AvgIpc) is 2.16. The average molecular weight is 174 g/mol. The van der Waals surface area contributed by atoms with Crippen LogP contribution in [0.4, 0.5) is 0 Å². The van der Waals surface area contributed by atoms with Crippen molar-refractivity contribution in [1.29, 1.82) is 0 Å². The van der Waals surface area contributed by atoms with Gasteiger partial charge >= 0.3 is 0 Å². The first kappa shape index (κ1) is 10.0. The van der Waals surface area contributed by atoms with E-state index in [4.69, 9.17) is 0 Å². The van der Waals surface area contributed by atoms with Crippen molar-refractivity contribution in [2.24, 2.45) is 0 Å². The first-order chi connectivity index (χ1) is 6.19. The van der Waals surface area contributed by atoms with Crippen molar-refractivity contribution < 1.29 is 0 Å². The lowest BCUT2D eigenvalue weighted by molar-refractivity contribution is 0.928. The van der Waals surface area contributed by atoms with Crippen LogP contribution in [0.25, 0.3) is 0 Å². The fourth-order valence-corrected chi connectivity index (χ4v) is 1.59. The standard InChI is InChI=1S/C13H18/c1-5-11(4)13-9-10(3)7-8-12(13)6-2/h5,7-9,11H,1,6H2,2-4H3. The third-order valence-electron chi connectivity index (χ3n) is 2.53. The zero-order chi connectivity index (χ0) is 9.84. The van der Waals surface area contributed by atoms with E-state index in [0.29, 0.717) is 5.92 Å². The highest BCUT2D eigenvalue weighted by molar-refractivity contribution is 5.35. The van der Waals surface area contributed by atoms with Crippen LogP contribution in [0.5, 0.6) is 0 Å². The molecule has 0 aliphatic rings. The Morgan fingerprint density at radius 2 is 2.15 bits per heavy atom. The zero-order valence-electron chi connectivity index (χ0n) is 8.80. The minimum atomic E-state index is 0.467. The van der Waals surface area contributed by atoms with E-state index in [9.17, 15) is 0 Å². The molecular weight excluding hydrogens is 156 g/mol. The minimum absolute atomic E-state index is 0.467. The predicted octanol–water partition coefficient (Wildman–Crippen LogP) is 3.85. The number of hydrogen-bond acceptors (Lipinski definition) is 0. The summed E-state index contributed by atoms with van der Waals surface area (Å²) < 4.78 is 0. The van der Waals surface area contributed by atoms with Gasteiger partial charge in [-0.1, -0.05) is 43.7 Å². The highest BCUT2D eigenvalue weighted by atomic mass is 14.1. The van der Waals surface area contributed by atoms with Crippen molar-refractivity contribution in [2.45, 2.75) is 33.1 Å². The van der Waals surface area contributed by atoms with Crippen LogP contribution in [0.15, 0.2) is 30.9 Å². The van der Waals surface area contributed by atoms with E-state index in [1.807, 2.05) is 6.08 Å². The minimum Gasteiger partial charge on any atom is -0.102 e. The highest BCUT2D eigenvalue weighted by Crippen LogP contribution is 2.22. The van der Waals surface area contributed by atoms with Crippen LogP contribution in [0, 0.1) is 6.92 Å². The molecule has 0 heterocycles. The monoisotopic (exact) mass is 174 g/mol. The Kier molecular flexibility index (Phi) is 3.30. The van der Waals surface area contributed by atoms with E-state index in [-0.39, 0.29) is 0 Å². The van der Waals surface area contributed by atoms with E-state index in [1.54, 1.807) is 0 Å². The van der Waals surface area contributed by atoms with Gasteiger partial charge in [0.2, 0.25) is 0 Å². The molecule has 0 N–H and O–H groups in total. The van der Waals surface area contributed by atoms with Gasteiger partial charge in [-0.25, -0.2) is 0 Å². The Morgan fingerprint density at radius 1 is 1.46 bits per heavy atom. The molecule has 0 aromatic heterocycles. The molecule has 1 aromatic rings. The quantitative estimate of drug-likeness (QED) is 0.611. The van der Waals surface area contributed by atoms with Gasteiger partial charge in [0.15, 0.2) is 0 Å². The highest BCUT2D eigenvalue weighted by Gasteiger charge is 2.05. The molecule has 0 aliphatic carbocycles. The second-order valence-electron chi connectivity index (χ2n) is 3.58. The number of aryl methyl sites for hydroxylation is 2. The van der Waals surface area contributed by atoms with E-state index < -0.39 is 0 Å². The van der Waals surface area contributed by atoms with Gasteiger partial charge in [-0.05, 0) is 30.4 Å². The van der Waals surface area contributed by atoms with Gasteiger partial charge in [0.1, 0.15) is 0 Å². The lowest BCUT2D eigenvalue weighted by Crippen LogP contribution is -1.96. The molecule has 13 heavy (non-hydrogen) atoms. The second kappa shape index (κ2) is 4.27. The number of hydrogen-bond donors (Lipinski definition) is 0. The van der Waals surface area contributed by atoms with Gasteiger partial charge < -0.3 is 0 Å².